The molecule has 0 saturated heterocycles. The van der Waals surface area contributed by atoms with E-state index in [0.717, 1.165) is 18.7 Å². The highest BCUT2D eigenvalue weighted by molar-refractivity contribution is 5.40. The lowest BCUT2D eigenvalue weighted by atomic mass is 9.81. The third-order valence-electron chi connectivity index (χ3n) is 4.29. The number of nitrogens with two attached hydrogens (primary N) is 1. The van der Waals surface area contributed by atoms with Gasteiger partial charge in [-0.25, -0.2) is 0 Å². The van der Waals surface area contributed by atoms with E-state index in [-0.39, 0.29) is 0 Å². The molecule has 2 aliphatic rings. The van der Waals surface area contributed by atoms with Gasteiger partial charge in [-0.05, 0) is 62.8 Å². The Labute approximate surface area is 109 Å². The molecule has 1 atom stereocenters. The summed E-state index contributed by atoms with van der Waals surface area (Å²) in [5, 5.41) is 3.69. The van der Waals surface area contributed by atoms with Gasteiger partial charge in [-0.15, -0.1) is 0 Å². The van der Waals surface area contributed by atoms with E-state index in [0.29, 0.717) is 6.04 Å². The number of rotatable bonds is 2. The predicted molar refractivity (Wildman–Crippen MR) is 76.5 cm³/mol. The Hall–Kier alpha value is -1.28. The molecule has 0 saturated carbocycles. The average molecular weight is 242 g/mol. The van der Waals surface area contributed by atoms with Gasteiger partial charge >= 0.3 is 0 Å². The molecule has 2 nitrogen and oxygen atoms in total. The van der Waals surface area contributed by atoms with Crippen molar-refractivity contribution in [2.24, 2.45) is 0 Å². The van der Waals surface area contributed by atoms with Crippen LogP contribution >= 0.6 is 0 Å². The lowest BCUT2D eigenvalue weighted by Gasteiger charge is -2.33. The zero-order valence-electron chi connectivity index (χ0n) is 10.9. The molecule has 0 amide bonds. The maximum Gasteiger partial charge on any atom is 0.0322 e. The predicted octanol–water partition coefficient (Wildman–Crippen LogP) is 3.04. The molecule has 1 aliphatic heterocycles. The van der Waals surface area contributed by atoms with Crippen LogP contribution < -0.4 is 11.1 Å². The third-order valence-corrected chi connectivity index (χ3v) is 4.29. The molecule has 0 bridgehead atoms. The number of benzene rings is 1. The van der Waals surface area contributed by atoms with Gasteiger partial charge in [-0.1, -0.05) is 23.3 Å². The fourth-order valence-corrected chi connectivity index (χ4v) is 3.30. The summed E-state index contributed by atoms with van der Waals surface area (Å²) in [6, 6.07) is 8.91. The highest BCUT2D eigenvalue weighted by atomic mass is 14.9. The van der Waals surface area contributed by atoms with Crippen molar-refractivity contribution in [1.29, 1.82) is 0 Å². The average Bonchev–Trinajstić information content (AvgIpc) is 2.42. The number of nitrogen functional groups attached to an aromatic ring is 1. The molecule has 0 fully saturated rings. The Morgan fingerprint density at radius 2 is 1.83 bits per heavy atom. The first-order valence-electron chi connectivity index (χ1n) is 7.11. The van der Waals surface area contributed by atoms with Crippen molar-refractivity contribution in [2.45, 2.75) is 44.6 Å². The number of nitrogens with one attached hydrogen (secondary N) is 1. The van der Waals surface area contributed by atoms with Crippen molar-refractivity contribution < 1.29 is 0 Å². The van der Waals surface area contributed by atoms with Crippen LogP contribution in [0.5, 0.6) is 0 Å². The largest absolute Gasteiger partial charge is 0.399 e. The number of hydrogen-bond acceptors (Lipinski definition) is 2. The molecule has 3 rings (SSSR count). The normalized spacial score (nSPS) is 23.9. The van der Waals surface area contributed by atoms with Gasteiger partial charge in [-0.2, -0.15) is 0 Å². The molecule has 2 heteroatoms. The van der Waals surface area contributed by atoms with Gasteiger partial charge in [0.15, 0.2) is 0 Å². The summed E-state index contributed by atoms with van der Waals surface area (Å²) in [4.78, 5) is 0. The standard InChI is InChI=1S/C16H22N2/c17-14-7-5-12(6-8-14)11-16-15-4-2-1-3-13(15)9-10-18-16/h5-8,16,18H,1-4,9-11,17H2. The van der Waals surface area contributed by atoms with Crippen LogP contribution in [0.15, 0.2) is 35.4 Å². The van der Waals surface area contributed by atoms with Gasteiger partial charge in [0.25, 0.3) is 0 Å². The van der Waals surface area contributed by atoms with Crippen LogP contribution in [0.25, 0.3) is 0 Å². The molecule has 1 aliphatic carbocycles. The zero-order chi connectivity index (χ0) is 12.4. The zero-order valence-corrected chi connectivity index (χ0v) is 10.9. The third kappa shape index (κ3) is 2.44. The lowest BCUT2D eigenvalue weighted by Crippen LogP contribution is -2.39. The molecule has 0 radical (unpaired) electrons. The fraction of sp³-hybridized carbons (Fsp3) is 0.500. The van der Waals surface area contributed by atoms with Crippen molar-refractivity contribution in [3.8, 4) is 0 Å². The van der Waals surface area contributed by atoms with E-state index < -0.39 is 0 Å². The van der Waals surface area contributed by atoms with Crippen molar-refractivity contribution in [1.82, 2.24) is 5.32 Å². The first-order chi connectivity index (χ1) is 8.83. The number of hydrogen-bond donors (Lipinski definition) is 2. The lowest BCUT2D eigenvalue weighted by molar-refractivity contribution is 0.474. The van der Waals surface area contributed by atoms with E-state index in [9.17, 15) is 0 Å². The molecule has 0 spiro atoms. The molecule has 1 heterocycles. The topological polar surface area (TPSA) is 38.0 Å². The summed E-state index contributed by atoms with van der Waals surface area (Å²) < 4.78 is 0. The maximum atomic E-state index is 5.74. The van der Waals surface area contributed by atoms with Gasteiger partial charge < -0.3 is 11.1 Å². The van der Waals surface area contributed by atoms with Gasteiger partial charge in [-0.3, -0.25) is 0 Å². The molecular formula is C16H22N2. The van der Waals surface area contributed by atoms with Crippen LogP contribution in [0.2, 0.25) is 0 Å². The molecule has 1 unspecified atom stereocenters. The van der Waals surface area contributed by atoms with Gasteiger partial charge in [0, 0.05) is 11.7 Å². The summed E-state index contributed by atoms with van der Waals surface area (Å²) in [6.45, 7) is 1.15. The molecular weight excluding hydrogens is 220 g/mol. The molecule has 96 valence electrons. The van der Waals surface area contributed by atoms with Crippen molar-refractivity contribution in [3.05, 3.63) is 41.0 Å². The van der Waals surface area contributed by atoms with E-state index in [1.54, 1.807) is 11.1 Å². The molecule has 3 N–H and O–H groups in total. The molecule has 1 aromatic carbocycles. The minimum absolute atomic E-state index is 0.567. The van der Waals surface area contributed by atoms with Gasteiger partial charge in [0.1, 0.15) is 0 Å². The minimum Gasteiger partial charge on any atom is -0.399 e. The Balaban J connectivity index is 1.77. The first-order valence-corrected chi connectivity index (χ1v) is 7.11. The first kappa shape index (κ1) is 11.8. The highest BCUT2D eigenvalue weighted by Gasteiger charge is 2.24. The Kier molecular flexibility index (Phi) is 3.37. The van der Waals surface area contributed by atoms with Crippen LogP contribution in [0, 0.1) is 0 Å². The van der Waals surface area contributed by atoms with Crippen LogP contribution in [-0.4, -0.2) is 12.6 Å². The van der Waals surface area contributed by atoms with Crippen molar-refractivity contribution >= 4 is 5.69 Å². The summed E-state index contributed by atoms with van der Waals surface area (Å²) in [5.41, 5.74) is 11.4. The quantitative estimate of drug-likeness (QED) is 0.618. The van der Waals surface area contributed by atoms with Crippen LogP contribution in [0.3, 0.4) is 0 Å². The summed E-state index contributed by atoms with van der Waals surface area (Å²) >= 11 is 0. The van der Waals surface area contributed by atoms with E-state index in [4.69, 9.17) is 5.73 Å². The van der Waals surface area contributed by atoms with E-state index in [2.05, 4.69) is 17.4 Å². The van der Waals surface area contributed by atoms with Crippen molar-refractivity contribution in [2.75, 3.05) is 12.3 Å². The Bertz CT molecular complexity index is 441. The SMILES string of the molecule is Nc1ccc(CC2NCCC3=C2CCCC3)cc1. The monoisotopic (exact) mass is 242 g/mol. The second kappa shape index (κ2) is 5.15. The smallest absolute Gasteiger partial charge is 0.0322 e. The molecule has 0 aromatic heterocycles. The van der Waals surface area contributed by atoms with Crippen LogP contribution in [0.4, 0.5) is 5.69 Å². The van der Waals surface area contributed by atoms with E-state index >= 15 is 0 Å². The Morgan fingerprint density at radius 1 is 1.06 bits per heavy atom. The van der Waals surface area contributed by atoms with Crippen LogP contribution in [-0.2, 0) is 6.42 Å². The summed E-state index contributed by atoms with van der Waals surface area (Å²) in [6.07, 6.45) is 7.80. The molecule has 18 heavy (non-hydrogen) atoms. The number of anilines is 1. The summed E-state index contributed by atoms with van der Waals surface area (Å²) in [5.74, 6) is 0. The van der Waals surface area contributed by atoms with Crippen LogP contribution in [0.1, 0.15) is 37.7 Å². The van der Waals surface area contributed by atoms with E-state index in [1.807, 2.05) is 12.1 Å². The van der Waals surface area contributed by atoms with Crippen molar-refractivity contribution in [3.63, 3.8) is 0 Å². The molecule has 1 aromatic rings. The second-order valence-electron chi connectivity index (χ2n) is 5.54. The maximum absolute atomic E-state index is 5.74. The fourth-order valence-electron chi connectivity index (χ4n) is 3.30. The second-order valence-corrected chi connectivity index (χ2v) is 5.54. The summed E-state index contributed by atoms with van der Waals surface area (Å²) in [7, 11) is 0. The highest BCUT2D eigenvalue weighted by Crippen LogP contribution is 2.32. The minimum atomic E-state index is 0.567. The Morgan fingerprint density at radius 3 is 2.67 bits per heavy atom. The van der Waals surface area contributed by atoms with Gasteiger partial charge in [0.05, 0.1) is 0 Å². The van der Waals surface area contributed by atoms with Gasteiger partial charge in [0.2, 0.25) is 0 Å². The van der Waals surface area contributed by atoms with E-state index in [1.165, 1.54) is 37.7 Å².